The second kappa shape index (κ2) is 13.5. The van der Waals surface area contributed by atoms with Crippen molar-refractivity contribution in [2.45, 2.75) is 64.6 Å². The Labute approximate surface area is 264 Å². The predicted octanol–water partition coefficient (Wildman–Crippen LogP) is 9.52. The number of fused-ring (bicyclic) bond motifs is 3. The number of rotatable bonds is 4. The molecule has 42 heavy (non-hydrogen) atoms. The Balaban J connectivity index is 0.000000228. The minimum absolute atomic E-state index is 0. The summed E-state index contributed by atoms with van der Waals surface area (Å²) >= 11 is 0. The first-order chi connectivity index (χ1) is 20.0. The van der Waals surface area contributed by atoms with Crippen molar-refractivity contribution in [1.29, 1.82) is 0 Å². The SMILES string of the molecule is C[Si](C)(C)c1ccc2c(c1)oc1c(C3=NC=C(C4CCCCC4)CC3)[c-]ccc12.[Ir].[c-]1ccccc1-c1ccccn1. The van der Waals surface area contributed by atoms with Crippen LogP contribution < -0.4 is 5.19 Å². The minimum atomic E-state index is -1.37. The predicted molar refractivity (Wildman–Crippen MR) is 174 cm³/mol. The van der Waals surface area contributed by atoms with E-state index in [1.807, 2.05) is 48.5 Å². The summed E-state index contributed by atoms with van der Waals surface area (Å²) < 4.78 is 6.41. The number of hydrogen-bond acceptors (Lipinski definition) is 3. The number of allylic oxidation sites excluding steroid dienone is 1. The Hall–Kier alpha value is -3.11. The van der Waals surface area contributed by atoms with Crippen LogP contribution in [0.4, 0.5) is 0 Å². The van der Waals surface area contributed by atoms with Crippen LogP contribution in [0.25, 0.3) is 33.2 Å². The van der Waals surface area contributed by atoms with Crippen LogP contribution in [-0.4, -0.2) is 18.8 Å². The zero-order valence-electron chi connectivity index (χ0n) is 24.7. The maximum absolute atomic E-state index is 6.41. The van der Waals surface area contributed by atoms with Gasteiger partial charge in [0.1, 0.15) is 5.58 Å². The average Bonchev–Trinajstić information content (AvgIpc) is 3.41. The normalized spacial score (nSPS) is 15.8. The third kappa shape index (κ3) is 6.75. The van der Waals surface area contributed by atoms with E-state index in [1.54, 1.807) is 11.8 Å². The zero-order valence-corrected chi connectivity index (χ0v) is 28.1. The van der Waals surface area contributed by atoms with E-state index in [0.29, 0.717) is 0 Å². The maximum Gasteiger partial charge on any atom is 0.120 e. The fraction of sp³-hybridized carbons (Fsp3) is 0.297. The molecule has 7 rings (SSSR count). The van der Waals surface area contributed by atoms with E-state index in [2.05, 4.69) is 67.2 Å². The molecule has 2 aliphatic rings. The van der Waals surface area contributed by atoms with Gasteiger partial charge in [0.15, 0.2) is 0 Å². The molecule has 3 nitrogen and oxygen atoms in total. The maximum atomic E-state index is 6.41. The molecular formula is C37H38IrN2OSi-2. The second-order valence-electron chi connectivity index (χ2n) is 12.3. The first kappa shape index (κ1) is 30.3. The fourth-order valence-electron chi connectivity index (χ4n) is 6.02. The third-order valence-corrected chi connectivity index (χ3v) is 10.4. The van der Waals surface area contributed by atoms with Gasteiger partial charge in [-0.3, -0.25) is 0 Å². The zero-order chi connectivity index (χ0) is 28.2. The van der Waals surface area contributed by atoms with Crippen LogP contribution in [0.15, 0.2) is 100 Å². The van der Waals surface area contributed by atoms with E-state index in [-0.39, 0.29) is 20.1 Å². The molecule has 0 amide bonds. The molecule has 5 aromatic rings. The molecule has 0 bridgehead atoms. The van der Waals surface area contributed by atoms with Crippen LogP contribution >= 0.6 is 0 Å². The Kier molecular flexibility index (Phi) is 9.73. The molecule has 1 aliphatic carbocycles. The van der Waals surface area contributed by atoms with Crippen molar-refractivity contribution in [2.24, 2.45) is 10.9 Å². The van der Waals surface area contributed by atoms with Gasteiger partial charge in [0.05, 0.1) is 13.7 Å². The van der Waals surface area contributed by atoms with E-state index >= 15 is 0 Å². The minimum Gasteiger partial charge on any atom is -0.501 e. The van der Waals surface area contributed by atoms with Gasteiger partial charge in [-0.25, -0.2) is 0 Å². The molecule has 0 atom stereocenters. The molecule has 1 saturated carbocycles. The summed E-state index contributed by atoms with van der Waals surface area (Å²) in [6.45, 7) is 7.13. The third-order valence-electron chi connectivity index (χ3n) is 8.40. The number of nitrogens with zero attached hydrogens (tertiary/aromatic N) is 2. The largest absolute Gasteiger partial charge is 0.501 e. The van der Waals surface area contributed by atoms with Gasteiger partial charge in [0.25, 0.3) is 0 Å². The molecule has 3 heterocycles. The molecule has 0 N–H and O–H groups in total. The summed E-state index contributed by atoms with van der Waals surface area (Å²) in [5.74, 6) is 0.764. The smallest absolute Gasteiger partial charge is 0.120 e. The molecule has 217 valence electrons. The van der Waals surface area contributed by atoms with Gasteiger partial charge in [-0.15, -0.1) is 54.1 Å². The standard InChI is InChI=1S/C26H30NOSi.C11H8N.Ir/c1-29(2,3)20-13-14-21-22-10-7-11-23(26(22)28-25(21)16-20)24-15-12-19(17-27-24)18-8-5-4-6-9-18;1-2-6-10(7-3-1)11-8-4-5-9-12-11;/h7,10,13-14,16-18H,4-6,8-9,12,15H2,1-3H3;1-6,8-9H;/q2*-1;. The molecule has 3 aromatic carbocycles. The van der Waals surface area contributed by atoms with E-state index in [1.165, 1.54) is 48.1 Å². The number of hydrogen-bond donors (Lipinski definition) is 0. The van der Waals surface area contributed by atoms with E-state index < -0.39 is 8.07 Å². The molecule has 1 radical (unpaired) electrons. The van der Waals surface area contributed by atoms with Gasteiger partial charge >= 0.3 is 0 Å². The molecule has 0 unspecified atom stereocenters. The van der Waals surface area contributed by atoms with Crippen LogP contribution in [0.1, 0.15) is 50.5 Å². The summed E-state index contributed by atoms with van der Waals surface area (Å²) in [7, 11) is -1.37. The van der Waals surface area contributed by atoms with Crippen molar-refractivity contribution >= 4 is 40.9 Å². The van der Waals surface area contributed by atoms with Crippen molar-refractivity contribution in [1.82, 2.24) is 4.98 Å². The van der Waals surface area contributed by atoms with Crippen molar-refractivity contribution in [3.63, 3.8) is 0 Å². The van der Waals surface area contributed by atoms with Crippen molar-refractivity contribution in [3.05, 3.63) is 108 Å². The number of aliphatic imine (C=N–C) groups is 1. The molecule has 1 fully saturated rings. The molecule has 5 heteroatoms. The number of furan rings is 1. The van der Waals surface area contributed by atoms with Crippen LogP contribution in [0, 0.1) is 18.1 Å². The van der Waals surface area contributed by atoms with E-state index in [4.69, 9.17) is 9.41 Å². The van der Waals surface area contributed by atoms with Gasteiger partial charge in [0, 0.05) is 37.9 Å². The second-order valence-corrected chi connectivity index (χ2v) is 17.3. The summed E-state index contributed by atoms with van der Waals surface area (Å²) in [6.07, 6.45) is 12.9. The molecular weight excluding hydrogens is 709 g/mol. The Morgan fingerprint density at radius 3 is 2.36 bits per heavy atom. The Bertz CT molecular complexity index is 1660. The van der Waals surface area contributed by atoms with Crippen LogP contribution in [0.3, 0.4) is 0 Å². The van der Waals surface area contributed by atoms with E-state index in [9.17, 15) is 0 Å². The number of benzene rings is 3. The quantitative estimate of drug-likeness (QED) is 0.136. The molecule has 2 aromatic heterocycles. The Morgan fingerprint density at radius 2 is 1.67 bits per heavy atom. The first-order valence-electron chi connectivity index (χ1n) is 15.0. The van der Waals surface area contributed by atoms with Gasteiger partial charge in [-0.2, -0.15) is 0 Å². The number of aromatic nitrogens is 1. The van der Waals surface area contributed by atoms with Gasteiger partial charge in [-0.05, 0) is 55.1 Å². The van der Waals surface area contributed by atoms with Gasteiger partial charge in [0.2, 0.25) is 0 Å². The summed E-state index contributed by atoms with van der Waals surface area (Å²) in [5, 5.41) is 3.82. The van der Waals surface area contributed by atoms with Crippen LogP contribution in [0.2, 0.25) is 19.6 Å². The van der Waals surface area contributed by atoms with Crippen molar-refractivity contribution in [2.75, 3.05) is 0 Å². The first-order valence-corrected chi connectivity index (χ1v) is 18.5. The fourth-order valence-corrected chi connectivity index (χ4v) is 7.17. The number of pyridine rings is 1. The van der Waals surface area contributed by atoms with Crippen LogP contribution in [-0.2, 0) is 20.1 Å². The summed E-state index contributed by atoms with van der Waals surface area (Å²) in [5.41, 5.74) is 7.69. The van der Waals surface area contributed by atoms with Crippen molar-refractivity contribution < 1.29 is 24.5 Å². The monoisotopic (exact) mass is 747 g/mol. The average molecular weight is 747 g/mol. The molecule has 0 spiro atoms. The topological polar surface area (TPSA) is 38.4 Å². The van der Waals surface area contributed by atoms with Gasteiger partial charge < -0.3 is 14.4 Å². The van der Waals surface area contributed by atoms with Crippen molar-refractivity contribution in [3.8, 4) is 11.3 Å². The van der Waals surface area contributed by atoms with Gasteiger partial charge in [-0.1, -0.05) is 84.9 Å². The molecule has 0 saturated heterocycles. The summed E-state index contributed by atoms with van der Waals surface area (Å²) in [4.78, 5) is 9.12. The van der Waals surface area contributed by atoms with Crippen LogP contribution in [0.5, 0.6) is 0 Å². The molecule has 1 aliphatic heterocycles. The van der Waals surface area contributed by atoms with E-state index in [0.717, 1.165) is 52.5 Å². The summed E-state index contributed by atoms with van der Waals surface area (Å²) in [6, 6.07) is 31.2. The Morgan fingerprint density at radius 1 is 0.833 bits per heavy atom.